The first-order chi connectivity index (χ1) is 10.4. The molecule has 1 aliphatic carbocycles. The molecule has 4 atom stereocenters. The maximum Gasteiger partial charge on any atom is 0.123 e. The van der Waals surface area contributed by atoms with Crippen LogP contribution in [0.4, 0.5) is 0 Å². The van der Waals surface area contributed by atoms with Crippen molar-refractivity contribution < 1.29 is 0 Å². The molecule has 118 valence electrons. The van der Waals surface area contributed by atoms with Crippen molar-refractivity contribution in [2.24, 2.45) is 5.92 Å². The van der Waals surface area contributed by atoms with E-state index in [-0.39, 0.29) is 0 Å². The van der Waals surface area contributed by atoms with Crippen LogP contribution < -0.4 is 10.6 Å². The van der Waals surface area contributed by atoms with Gasteiger partial charge >= 0.3 is 0 Å². The van der Waals surface area contributed by atoms with Crippen LogP contribution in [-0.4, -0.2) is 28.6 Å². The number of imidazole rings is 1. The minimum Gasteiger partial charge on any atom is -0.347 e. The zero-order valence-corrected chi connectivity index (χ0v) is 13.3. The van der Waals surface area contributed by atoms with Gasteiger partial charge in [-0.3, -0.25) is 0 Å². The molecular formula is C17H30N4. The lowest BCUT2D eigenvalue weighted by atomic mass is 9.77. The summed E-state index contributed by atoms with van der Waals surface area (Å²) in [5.41, 5.74) is 0. The largest absolute Gasteiger partial charge is 0.347 e. The smallest absolute Gasteiger partial charge is 0.123 e. The van der Waals surface area contributed by atoms with E-state index in [4.69, 9.17) is 0 Å². The van der Waals surface area contributed by atoms with Crippen molar-refractivity contribution in [2.75, 3.05) is 6.54 Å². The van der Waals surface area contributed by atoms with Crippen LogP contribution in [-0.2, 0) is 0 Å². The van der Waals surface area contributed by atoms with E-state index in [1.165, 1.54) is 51.5 Å². The fourth-order valence-electron chi connectivity index (χ4n) is 4.21. The maximum absolute atomic E-state index is 4.46. The molecule has 2 aliphatic rings. The average molecular weight is 290 g/mol. The molecule has 4 unspecified atom stereocenters. The third-order valence-electron chi connectivity index (χ3n) is 5.36. The van der Waals surface area contributed by atoms with Crippen molar-refractivity contribution >= 4 is 0 Å². The van der Waals surface area contributed by atoms with Crippen LogP contribution in [0.3, 0.4) is 0 Å². The highest BCUT2D eigenvalue weighted by molar-refractivity contribution is 4.99. The topological polar surface area (TPSA) is 52.7 Å². The van der Waals surface area contributed by atoms with Crippen LogP contribution in [0.5, 0.6) is 0 Å². The third kappa shape index (κ3) is 3.67. The van der Waals surface area contributed by atoms with Gasteiger partial charge in [0.05, 0.1) is 6.04 Å². The summed E-state index contributed by atoms with van der Waals surface area (Å²) in [5, 5.41) is 7.70. The zero-order valence-electron chi connectivity index (χ0n) is 13.3. The summed E-state index contributed by atoms with van der Waals surface area (Å²) >= 11 is 0. The van der Waals surface area contributed by atoms with Gasteiger partial charge in [-0.15, -0.1) is 0 Å². The lowest BCUT2D eigenvalue weighted by Crippen LogP contribution is -2.51. The third-order valence-corrected chi connectivity index (χ3v) is 5.36. The second-order valence-electron chi connectivity index (χ2n) is 6.71. The number of H-pyrrole nitrogens is 1. The lowest BCUT2D eigenvalue weighted by molar-refractivity contribution is 0.169. The second kappa shape index (κ2) is 7.41. The first kappa shape index (κ1) is 15.0. The molecule has 0 spiro atoms. The van der Waals surface area contributed by atoms with Crippen LogP contribution in [0.2, 0.25) is 0 Å². The number of rotatable bonds is 5. The van der Waals surface area contributed by atoms with Gasteiger partial charge in [0.2, 0.25) is 0 Å². The minimum absolute atomic E-state index is 0.370. The first-order valence-corrected chi connectivity index (χ1v) is 8.87. The normalized spacial score (nSPS) is 32.0. The summed E-state index contributed by atoms with van der Waals surface area (Å²) in [5.74, 6) is 1.89. The van der Waals surface area contributed by atoms with Crippen LogP contribution >= 0.6 is 0 Å². The van der Waals surface area contributed by atoms with E-state index in [1.807, 2.05) is 12.4 Å². The summed E-state index contributed by atoms with van der Waals surface area (Å²) in [6, 6.07) is 1.74. The number of hydrogen-bond acceptors (Lipinski definition) is 3. The molecule has 0 bridgehead atoms. The molecule has 1 saturated carbocycles. The molecule has 2 heterocycles. The lowest BCUT2D eigenvalue weighted by Gasteiger charge is -2.41. The van der Waals surface area contributed by atoms with E-state index in [2.05, 4.69) is 27.5 Å². The monoisotopic (exact) mass is 290 g/mol. The zero-order chi connectivity index (χ0) is 14.5. The predicted octanol–water partition coefficient (Wildman–Crippen LogP) is 3.15. The molecule has 21 heavy (non-hydrogen) atoms. The Morgan fingerprint density at radius 2 is 2.10 bits per heavy atom. The van der Waals surface area contributed by atoms with Gasteiger partial charge in [-0.2, -0.15) is 0 Å². The van der Waals surface area contributed by atoms with Crippen molar-refractivity contribution in [2.45, 2.75) is 76.4 Å². The number of piperidine rings is 1. The molecule has 4 heteroatoms. The van der Waals surface area contributed by atoms with Gasteiger partial charge in [-0.25, -0.2) is 4.98 Å². The van der Waals surface area contributed by atoms with Crippen LogP contribution in [0.15, 0.2) is 12.4 Å². The minimum atomic E-state index is 0.370. The van der Waals surface area contributed by atoms with Gasteiger partial charge in [-0.1, -0.05) is 26.2 Å². The van der Waals surface area contributed by atoms with Crippen molar-refractivity contribution in [3.63, 3.8) is 0 Å². The fraction of sp³-hybridized carbons (Fsp3) is 0.824. The maximum atomic E-state index is 4.46. The molecular weight excluding hydrogens is 260 g/mol. The highest BCUT2D eigenvalue weighted by Gasteiger charge is 2.33. The summed E-state index contributed by atoms with van der Waals surface area (Å²) in [7, 11) is 0. The van der Waals surface area contributed by atoms with E-state index in [9.17, 15) is 0 Å². The number of nitrogens with zero attached hydrogens (tertiary/aromatic N) is 1. The summed E-state index contributed by atoms with van der Waals surface area (Å²) in [6.45, 7) is 3.46. The Balaban J connectivity index is 1.65. The summed E-state index contributed by atoms with van der Waals surface area (Å²) < 4.78 is 0. The van der Waals surface area contributed by atoms with Gasteiger partial charge in [0.15, 0.2) is 0 Å². The molecule has 1 saturated heterocycles. The number of aromatic nitrogens is 2. The van der Waals surface area contributed by atoms with E-state index >= 15 is 0 Å². The summed E-state index contributed by atoms with van der Waals surface area (Å²) in [4.78, 5) is 7.74. The Bertz CT molecular complexity index is 397. The molecule has 0 aromatic carbocycles. The molecule has 0 radical (unpaired) electrons. The molecule has 3 N–H and O–H groups in total. The van der Waals surface area contributed by atoms with Crippen LogP contribution in [0, 0.1) is 5.92 Å². The van der Waals surface area contributed by atoms with Gasteiger partial charge in [0.1, 0.15) is 5.82 Å². The standard InChI is InChI=1S/C17H30N4/c1-2-14(17-19-11-12-20-17)21-16-9-4-3-7-13(16)15-8-5-6-10-18-15/h11-16,18,21H,2-10H2,1H3,(H,19,20). The van der Waals surface area contributed by atoms with Gasteiger partial charge in [0.25, 0.3) is 0 Å². The Hall–Kier alpha value is -0.870. The number of aromatic amines is 1. The molecule has 3 rings (SSSR count). The number of hydrogen-bond donors (Lipinski definition) is 3. The molecule has 1 aliphatic heterocycles. The quantitative estimate of drug-likeness (QED) is 0.781. The molecule has 2 fully saturated rings. The molecule has 0 amide bonds. The van der Waals surface area contributed by atoms with Crippen LogP contribution in [0.25, 0.3) is 0 Å². The number of nitrogens with one attached hydrogen (secondary N) is 3. The Morgan fingerprint density at radius 1 is 1.24 bits per heavy atom. The van der Waals surface area contributed by atoms with Crippen molar-refractivity contribution in [3.8, 4) is 0 Å². The Kier molecular flexibility index (Phi) is 5.31. The fourth-order valence-corrected chi connectivity index (χ4v) is 4.21. The molecule has 4 nitrogen and oxygen atoms in total. The van der Waals surface area contributed by atoms with Crippen molar-refractivity contribution in [3.05, 3.63) is 18.2 Å². The van der Waals surface area contributed by atoms with Crippen LogP contribution in [0.1, 0.15) is 70.2 Å². The van der Waals surface area contributed by atoms with Crippen molar-refractivity contribution in [1.29, 1.82) is 0 Å². The average Bonchev–Trinajstić information content (AvgIpc) is 3.08. The van der Waals surface area contributed by atoms with Gasteiger partial charge in [-0.05, 0) is 44.6 Å². The first-order valence-electron chi connectivity index (χ1n) is 8.87. The molecule has 1 aromatic heterocycles. The van der Waals surface area contributed by atoms with E-state index in [0.29, 0.717) is 12.1 Å². The highest BCUT2D eigenvalue weighted by atomic mass is 15.1. The Morgan fingerprint density at radius 3 is 2.81 bits per heavy atom. The molecule has 1 aromatic rings. The van der Waals surface area contributed by atoms with Gasteiger partial charge in [0, 0.05) is 24.5 Å². The SMILES string of the molecule is CCC(NC1CCCCC1C1CCCCN1)c1ncc[nH]1. The highest BCUT2D eigenvalue weighted by Crippen LogP contribution is 2.32. The van der Waals surface area contributed by atoms with E-state index < -0.39 is 0 Å². The van der Waals surface area contributed by atoms with E-state index in [0.717, 1.165) is 24.2 Å². The van der Waals surface area contributed by atoms with Crippen molar-refractivity contribution in [1.82, 2.24) is 20.6 Å². The van der Waals surface area contributed by atoms with E-state index in [1.54, 1.807) is 0 Å². The predicted molar refractivity (Wildman–Crippen MR) is 86.1 cm³/mol. The second-order valence-corrected chi connectivity index (χ2v) is 6.71. The Labute approximate surface area is 128 Å². The van der Waals surface area contributed by atoms with Gasteiger partial charge < -0.3 is 15.6 Å². The summed E-state index contributed by atoms with van der Waals surface area (Å²) in [6.07, 6.45) is 14.5.